The molecule has 1 saturated heterocycles. The van der Waals surface area contributed by atoms with E-state index < -0.39 is 5.60 Å². The molecule has 6 heteroatoms. The van der Waals surface area contributed by atoms with Crippen molar-refractivity contribution in [1.29, 1.82) is 0 Å². The SMILES string of the molecule is CC(C)C1C(N(C)C(=O)OCc2ccccc2)CCN1C(=O)OC(C)(C)C. The summed E-state index contributed by atoms with van der Waals surface area (Å²) in [6, 6.07) is 9.40. The Balaban J connectivity index is 2.02. The molecule has 1 aliphatic heterocycles. The van der Waals surface area contributed by atoms with Crippen molar-refractivity contribution in [2.24, 2.45) is 5.92 Å². The number of carbonyl (C=O) groups is 2. The largest absolute Gasteiger partial charge is 0.445 e. The van der Waals surface area contributed by atoms with Crippen molar-refractivity contribution in [3.8, 4) is 0 Å². The first-order valence-electron chi connectivity index (χ1n) is 9.53. The van der Waals surface area contributed by atoms with Gasteiger partial charge in [0.15, 0.2) is 0 Å². The van der Waals surface area contributed by atoms with E-state index in [9.17, 15) is 9.59 Å². The Hall–Kier alpha value is -2.24. The van der Waals surface area contributed by atoms with Crippen molar-refractivity contribution in [3.63, 3.8) is 0 Å². The smallest absolute Gasteiger partial charge is 0.410 e. The van der Waals surface area contributed by atoms with Crippen LogP contribution in [0.25, 0.3) is 0 Å². The zero-order valence-corrected chi connectivity index (χ0v) is 17.3. The van der Waals surface area contributed by atoms with Gasteiger partial charge in [-0.3, -0.25) is 0 Å². The molecular formula is C21H32N2O4. The summed E-state index contributed by atoms with van der Waals surface area (Å²) in [5.41, 5.74) is 0.401. The molecule has 27 heavy (non-hydrogen) atoms. The van der Waals surface area contributed by atoms with E-state index >= 15 is 0 Å². The average Bonchev–Trinajstić information content (AvgIpc) is 3.04. The normalized spacial score (nSPS) is 19.9. The van der Waals surface area contributed by atoms with E-state index in [2.05, 4.69) is 13.8 Å². The third-order valence-corrected chi connectivity index (χ3v) is 4.72. The summed E-state index contributed by atoms with van der Waals surface area (Å²) in [6.45, 7) is 10.5. The third-order valence-electron chi connectivity index (χ3n) is 4.72. The van der Waals surface area contributed by atoms with Crippen molar-refractivity contribution in [2.75, 3.05) is 13.6 Å². The highest BCUT2D eigenvalue weighted by Crippen LogP contribution is 2.30. The summed E-state index contributed by atoms with van der Waals surface area (Å²) in [5, 5.41) is 0. The molecule has 0 bridgehead atoms. The summed E-state index contributed by atoms with van der Waals surface area (Å²) >= 11 is 0. The predicted octanol–water partition coefficient (Wildman–Crippen LogP) is 4.29. The Labute approximate surface area is 162 Å². The van der Waals surface area contributed by atoms with Gasteiger partial charge in [-0.05, 0) is 38.7 Å². The molecule has 150 valence electrons. The maximum Gasteiger partial charge on any atom is 0.410 e. The number of ether oxygens (including phenoxy) is 2. The molecule has 1 aliphatic rings. The average molecular weight is 376 g/mol. The van der Waals surface area contributed by atoms with Crippen LogP contribution in [0.3, 0.4) is 0 Å². The predicted molar refractivity (Wildman–Crippen MR) is 104 cm³/mol. The molecule has 2 atom stereocenters. The van der Waals surface area contributed by atoms with Gasteiger partial charge in [0.05, 0.1) is 12.1 Å². The highest BCUT2D eigenvalue weighted by atomic mass is 16.6. The van der Waals surface area contributed by atoms with Gasteiger partial charge in [0.1, 0.15) is 12.2 Å². The monoisotopic (exact) mass is 376 g/mol. The molecule has 2 unspecified atom stereocenters. The molecule has 0 saturated carbocycles. The Morgan fingerprint density at radius 3 is 2.41 bits per heavy atom. The molecule has 0 N–H and O–H groups in total. The first kappa shape index (κ1) is 21.1. The lowest BCUT2D eigenvalue weighted by Crippen LogP contribution is -2.51. The van der Waals surface area contributed by atoms with Crippen molar-refractivity contribution in [3.05, 3.63) is 35.9 Å². The van der Waals surface area contributed by atoms with E-state index in [4.69, 9.17) is 9.47 Å². The van der Waals surface area contributed by atoms with Gasteiger partial charge in [0.25, 0.3) is 0 Å². The zero-order chi connectivity index (χ0) is 20.2. The van der Waals surface area contributed by atoms with Crippen LogP contribution in [0.4, 0.5) is 9.59 Å². The first-order valence-corrected chi connectivity index (χ1v) is 9.53. The molecule has 0 spiro atoms. The number of nitrogens with zero attached hydrogens (tertiary/aromatic N) is 2. The van der Waals surface area contributed by atoms with Crippen LogP contribution in [-0.4, -0.2) is 53.3 Å². The second kappa shape index (κ2) is 8.63. The third kappa shape index (κ3) is 5.62. The lowest BCUT2D eigenvalue weighted by atomic mass is 9.96. The summed E-state index contributed by atoms with van der Waals surface area (Å²) in [5.74, 6) is 0.189. The number of benzene rings is 1. The number of carbonyl (C=O) groups excluding carboxylic acids is 2. The van der Waals surface area contributed by atoms with E-state index in [1.807, 2.05) is 51.1 Å². The van der Waals surface area contributed by atoms with Crippen LogP contribution in [0.2, 0.25) is 0 Å². The fourth-order valence-corrected chi connectivity index (χ4v) is 3.52. The first-order chi connectivity index (χ1) is 12.6. The number of likely N-dealkylation sites (N-methyl/N-ethyl adjacent to an activating group) is 1. The number of amides is 2. The van der Waals surface area contributed by atoms with Gasteiger partial charge < -0.3 is 19.3 Å². The molecular weight excluding hydrogens is 344 g/mol. The molecule has 1 fully saturated rings. The van der Waals surface area contributed by atoms with E-state index in [1.165, 1.54) is 0 Å². The van der Waals surface area contributed by atoms with Gasteiger partial charge in [-0.25, -0.2) is 9.59 Å². The van der Waals surface area contributed by atoms with Crippen LogP contribution in [0.15, 0.2) is 30.3 Å². The van der Waals surface area contributed by atoms with Crippen LogP contribution < -0.4 is 0 Å². The van der Waals surface area contributed by atoms with Crippen molar-refractivity contribution >= 4 is 12.2 Å². The van der Waals surface area contributed by atoms with E-state index in [-0.39, 0.29) is 36.8 Å². The van der Waals surface area contributed by atoms with Gasteiger partial charge >= 0.3 is 12.2 Å². The molecule has 2 amide bonds. The fraction of sp³-hybridized carbons (Fsp3) is 0.619. The van der Waals surface area contributed by atoms with Crippen molar-refractivity contribution in [2.45, 2.75) is 65.3 Å². The number of hydrogen-bond acceptors (Lipinski definition) is 4. The highest BCUT2D eigenvalue weighted by Gasteiger charge is 2.43. The maximum absolute atomic E-state index is 12.6. The van der Waals surface area contributed by atoms with E-state index in [0.717, 1.165) is 5.56 Å². The Kier molecular flexibility index (Phi) is 6.73. The quantitative estimate of drug-likeness (QED) is 0.786. The van der Waals surface area contributed by atoms with Crippen LogP contribution in [0.5, 0.6) is 0 Å². The lowest BCUT2D eigenvalue weighted by molar-refractivity contribution is 0.0130. The molecule has 1 heterocycles. The molecule has 0 radical (unpaired) electrons. The number of rotatable bonds is 4. The van der Waals surface area contributed by atoms with Gasteiger partial charge in [-0.1, -0.05) is 44.2 Å². The number of hydrogen-bond donors (Lipinski definition) is 0. The van der Waals surface area contributed by atoms with Crippen molar-refractivity contribution in [1.82, 2.24) is 9.80 Å². The topological polar surface area (TPSA) is 59.1 Å². The standard InChI is InChI=1S/C21H32N2O4/c1-15(2)18-17(12-13-23(18)20(25)27-21(3,4)5)22(6)19(24)26-14-16-10-8-7-9-11-16/h7-11,15,17-18H,12-14H2,1-6H3. The number of likely N-dealkylation sites (tertiary alicyclic amines) is 1. The van der Waals surface area contributed by atoms with E-state index in [1.54, 1.807) is 16.8 Å². The summed E-state index contributed by atoms with van der Waals surface area (Å²) in [4.78, 5) is 28.5. The maximum atomic E-state index is 12.6. The summed E-state index contributed by atoms with van der Waals surface area (Å²) in [6.07, 6.45) is 0.00857. The minimum atomic E-state index is -0.544. The highest BCUT2D eigenvalue weighted by molar-refractivity contribution is 5.71. The second-order valence-corrected chi connectivity index (χ2v) is 8.42. The second-order valence-electron chi connectivity index (χ2n) is 8.42. The Bertz CT molecular complexity index is 639. The van der Waals surface area contributed by atoms with Crippen LogP contribution in [-0.2, 0) is 16.1 Å². The van der Waals surface area contributed by atoms with Gasteiger partial charge in [-0.2, -0.15) is 0 Å². The minimum absolute atomic E-state index is 0.0965. The van der Waals surface area contributed by atoms with Gasteiger partial charge in [0, 0.05) is 13.6 Å². The molecule has 2 rings (SSSR count). The van der Waals surface area contributed by atoms with Crippen LogP contribution >= 0.6 is 0 Å². The molecule has 6 nitrogen and oxygen atoms in total. The molecule has 1 aromatic rings. The zero-order valence-electron chi connectivity index (χ0n) is 17.3. The van der Waals surface area contributed by atoms with Gasteiger partial charge in [0.2, 0.25) is 0 Å². The lowest BCUT2D eigenvalue weighted by Gasteiger charge is -2.36. The Morgan fingerprint density at radius 2 is 1.85 bits per heavy atom. The Morgan fingerprint density at radius 1 is 1.22 bits per heavy atom. The molecule has 0 aromatic heterocycles. The summed E-state index contributed by atoms with van der Waals surface area (Å²) < 4.78 is 11.0. The fourth-order valence-electron chi connectivity index (χ4n) is 3.52. The van der Waals surface area contributed by atoms with Gasteiger partial charge in [-0.15, -0.1) is 0 Å². The van der Waals surface area contributed by atoms with Crippen LogP contribution in [0.1, 0.15) is 46.6 Å². The minimum Gasteiger partial charge on any atom is -0.445 e. The molecule has 1 aromatic carbocycles. The summed E-state index contributed by atoms with van der Waals surface area (Å²) in [7, 11) is 1.74. The van der Waals surface area contributed by atoms with Crippen LogP contribution in [0, 0.1) is 5.92 Å². The van der Waals surface area contributed by atoms with Crippen molar-refractivity contribution < 1.29 is 19.1 Å². The molecule has 0 aliphatic carbocycles. The van der Waals surface area contributed by atoms with E-state index in [0.29, 0.717) is 13.0 Å².